The van der Waals surface area contributed by atoms with Crippen molar-refractivity contribution in [2.24, 2.45) is 5.73 Å². The van der Waals surface area contributed by atoms with Crippen molar-refractivity contribution >= 4 is 11.3 Å². The number of benzene rings is 1. The molecule has 1 aromatic heterocycles. The van der Waals surface area contributed by atoms with Gasteiger partial charge in [-0.25, -0.2) is 0 Å². The summed E-state index contributed by atoms with van der Waals surface area (Å²) in [4.78, 5) is 1.17. The van der Waals surface area contributed by atoms with Crippen molar-refractivity contribution < 1.29 is 4.74 Å². The van der Waals surface area contributed by atoms with Crippen LogP contribution in [0.4, 0.5) is 0 Å². The van der Waals surface area contributed by atoms with Gasteiger partial charge >= 0.3 is 0 Å². The van der Waals surface area contributed by atoms with Crippen molar-refractivity contribution in [1.29, 1.82) is 0 Å². The molecule has 2 unspecified atom stereocenters. The maximum atomic E-state index is 6.07. The summed E-state index contributed by atoms with van der Waals surface area (Å²) in [5, 5.41) is 2.05. The van der Waals surface area contributed by atoms with Crippen LogP contribution in [0.15, 0.2) is 35.7 Å². The molecule has 0 amide bonds. The van der Waals surface area contributed by atoms with Gasteiger partial charge in [0.2, 0.25) is 0 Å². The molecule has 3 heteroatoms. The minimum absolute atomic E-state index is 0.0375. The van der Waals surface area contributed by atoms with E-state index in [1.165, 1.54) is 16.0 Å². The summed E-state index contributed by atoms with van der Waals surface area (Å²) in [6, 6.07) is 10.3. The molecule has 0 radical (unpaired) electrons. The molecule has 0 fully saturated rings. The summed E-state index contributed by atoms with van der Waals surface area (Å²) < 4.78 is 6.07. The summed E-state index contributed by atoms with van der Waals surface area (Å²) in [5.41, 5.74) is 8.45. The number of hydrogen-bond donors (Lipinski definition) is 1. The van der Waals surface area contributed by atoms with Gasteiger partial charge in [0.05, 0.1) is 0 Å². The van der Waals surface area contributed by atoms with E-state index in [0.29, 0.717) is 0 Å². The summed E-state index contributed by atoms with van der Waals surface area (Å²) in [7, 11) is 0. The minimum atomic E-state index is -0.0776. The quantitative estimate of drug-likeness (QED) is 0.907. The third-order valence-corrected chi connectivity index (χ3v) is 3.69. The number of hydrogen-bond acceptors (Lipinski definition) is 3. The lowest BCUT2D eigenvalue weighted by atomic mass is 10.1. The highest BCUT2D eigenvalue weighted by Gasteiger charge is 2.19. The molecule has 0 spiro atoms. The zero-order valence-corrected chi connectivity index (χ0v) is 11.8. The van der Waals surface area contributed by atoms with E-state index in [0.717, 1.165) is 5.75 Å². The van der Waals surface area contributed by atoms with Crippen LogP contribution in [0.25, 0.3) is 0 Å². The van der Waals surface area contributed by atoms with Crippen LogP contribution in [-0.2, 0) is 0 Å². The van der Waals surface area contributed by atoms with Crippen LogP contribution in [0.2, 0.25) is 0 Å². The fourth-order valence-electron chi connectivity index (χ4n) is 2.03. The lowest BCUT2D eigenvalue weighted by Crippen LogP contribution is -2.28. The van der Waals surface area contributed by atoms with E-state index < -0.39 is 0 Å². The normalized spacial score (nSPS) is 14.2. The fourth-order valence-corrected chi connectivity index (χ4v) is 2.89. The second-order valence-electron chi connectivity index (χ2n) is 4.74. The molecule has 1 aromatic carbocycles. The largest absolute Gasteiger partial charge is 0.483 e. The third-order valence-electron chi connectivity index (χ3n) is 2.76. The molecule has 18 heavy (non-hydrogen) atoms. The number of thiophene rings is 1. The molecule has 2 atom stereocenters. The molecule has 0 saturated heterocycles. The molecule has 2 aromatic rings. The van der Waals surface area contributed by atoms with Gasteiger partial charge in [0.1, 0.15) is 11.9 Å². The van der Waals surface area contributed by atoms with Crippen molar-refractivity contribution in [3.63, 3.8) is 0 Å². The summed E-state index contributed by atoms with van der Waals surface area (Å²) in [5.74, 6) is 0.892. The Labute approximate surface area is 112 Å². The molecule has 0 aliphatic carbocycles. The Morgan fingerprint density at radius 2 is 1.83 bits per heavy atom. The molecule has 2 rings (SSSR count). The van der Waals surface area contributed by atoms with Gasteiger partial charge in [-0.2, -0.15) is 0 Å². The first kappa shape index (κ1) is 13.1. The molecule has 0 bridgehead atoms. The smallest absolute Gasteiger partial charge is 0.148 e. The SMILES string of the molecule is Cc1cc(C)cc(OC(c2cccs2)C(C)N)c1. The average Bonchev–Trinajstić information content (AvgIpc) is 2.77. The van der Waals surface area contributed by atoms with Crippen molar-refractivity contribution in [3.8, 4) is 5.75 Å². The molecule has 0 aliphatic heterocycles. The first-order valence-corrected chi connectivity index (χ1v) is 6.98. The molecular weight excluding hydrogens is 242 g/mol. The van der Waals surface area contributed by atoms with E-state index in [2.05, 4.69) is 43.5 Å². The van der Waals surface area contributed by atoms with Crippen molar-refractivity contribution in [2.45, 2.75) is 32.9 Å². The lowest BCUT2D eigenvalue weighted by Gasteiger charge is -2.22. The van der Waals surface area contributed by atoms with Crippen LogP contribution in [0.1, 0.15) is 29.0 Å². The minimum Gasteiger partial charge on any atom is -0.483 e. The second-order valence-corrected chi connectivity index (χ2v) is 5.72. The molecule has 2 N–H and O–H groups in total. The van der Waals surface area contributed by atoms with Gasteiger partial charge in [0.25, 0.3) is 0 Å². The Kier molecular flexibility index (Phi) is 4.04. The van der Waals surface area contributed by atoms with Gasteiger partial charge in [-0.3, -0.25) is 0 Å². The number of aryl methyl sites for hydroxylation is 2. The highest BCUT2D eigenvalue weighted by atomic mass is 32.1. The molecule has 96 valence electrons. The van der Waals surface area contributed by atoms with Crippen LogP contribution in [0.5, 0.6) is 5.75 Å². The van der Waals surface area contributed by atoms with E-state index in [4.69, 9.17) is 10.5 Å². The highest BCUT2D eigenvalue weighted by molar-refractivity contribution is 7.10. The molecule has 2 nitrogen and oxygen atoms in total. The van der Waals surface area contributed by atoms with Gasteiger partial charge in [-0.1, -0.05) is 12.1 Å². The Bertz CT molecular complexity index is 485. The monoisotopic (exact) mass is 261 g/mol. The van der Waals surface area contributed by atoms with Crippen LogP contribution in [0.3, 0.4) is 0 Å². The van der Waals surface area contributed by atoms with Gasteiger partial charge in [0.15, 0.2) is 0 Å². The third kappa shape index (κ3) is 3.12. The van der Waals surface area contributed by atoms with Crippen LogP contribution < -0.4 is 10.5 Å². The first-order chi connectivity index (χ1) is 8.56. The zero-order valence-electron chi connectivity index (χ0n) is 11.0. The second kappa shape index (κ2) is 5.55. The Morgan fingerprint density at radius 1 is 1.17 bits per heavy atom. The van der Waals surface area contributed by atoms with Gasteiger partial charge in [0, 0.05) is 10.9 Å². The van der Waals surface area contributed by atoms with Gasteiger partial charge in [-0.15, -0.1) is 11.3 Å². The maximum absolute atomic E-state index is 6.07. The Balaban J connectivity index is 2.24. The van der Waals surface area contributed by atoms with E-state index in [1.54, 1.807) is 11.3 Å². The van der Waals surface area contributed by atoms with E-state index in [1.807, 2.05) is 13.0 Å². The molecule has 1 heterocycles. The summed E-state index contributed by atoms with van der Waals surface area (Å²) in [6.07, 6.45) is -0.0776. The van der Waals surface area contributed by atoms with Gasteiger partial charge < -0.3 is 10.5 Å². The van der Waals surface area contributed by atoms with E-state index in [9.17, 15) is 0 Å². The van der Waals surface area contributed by atoms with Crippen LogP contribution in [0, 0.1) is 13.8 Å². The number of rotatable bonds is 4. The van der Waals surface area contributed by atoms with E-state index in [-0.39, 0.29) is 12.1 Å². The average molecular weight is 261 g/mol. The van der Waals surface area contributed by atoms with Crippen molar-refractivity contribution in [1.82, 2.24) is 0 Å². The Morgan fingerprint density at radius 3 is 2.33 bits per heavy atom. The molecule has 0 saturated carbocycles. The zero-order chi connectivity index (χ0) is 13.1. The molecule has 0 aliphatic rings. The number of nitrogens with two attached hydrogens (primary N) is 1. The lowest BCUT2D eigenvalue weighted by molar-refractivity contribution is 0.184. The van der Waals surface area contributed by atoms with Gasteiger partial charge in [-0.05, 0) is 55.5 Å². The predicted octanol–water partition coefficient (Wildman–Crippen LogP) is 3.83. The van der Waals surface area contributed by atoms with E-state index >= 15 is 0 Å². The fraction of sp³-hybridized carbons (Fsp3) is 0.333. The van der Waals surface area contributed by atoms with Crippen molar-refractivity contribution in [3.05, 3.63) is 51.7 Å². The first-order valence-electron chi connectivity index (χ1n) is 6.10. The topological polar surface area (TPSA) is 35.2 Å². The standard InChI is InChI=1S/C15H19NOS/c1-10-7-11(2)9-13(8-10)17-15(12(3)16)14-5-4-6-18-14/h4-9,12,15H,16H2,1-3H3. The summed E-state index contributed by atoms with van der Waals surface area (Å²) in [6.45, 7) is 6.13. The predicted molar refractivity (Wildman–Crippen MR) is 77.3 cm³/mol. The Hall–Kier alpha value is -1.32. The maximum Gasteiger partial charge on any atom is 0.148 e. The van der Waals surface area contributed by atoms with Crippen LogP contribution in [-0.4, -0.2) is 6.04 Å². The number of ether oxygens (including phenoxy) is 1. The van der Waals surface area contributed by atoms with Crippen molar-refractivity contribution in [2.75, 3.05) is 0 Å². The summed E-state index contributed by atoms with van der Waals surface area (Å²) >= 11 is 1.68. The van der Waals surface area contributed by atoms with Crippen LogP contribution >= 0.6 is 11.3 Å². The molecular formula is C15H19NOS. The highest BCUT2D eigenvalue weighted by Crippen LogP contribution is 2.28.